The lowest BCUT2D eigenvalue weighted by Crippen LogP contribution is -2.30. The van der Waals surface area contributed by atoms with Crippen LogP contribution in [0.25, 0.3) is 0 Å². The molecule has 0 bridgehead atoms. The fourth-order valence-corrected chi connectivity index (χ4v) is 4.10. The number of aliphatic imine (C=N–C) groups is 1. The van der Waals surface area contributed by atoms with Gasteiger partial charge in [-0.2, -0.15) is 0 Å². The van der Waals surface area contributed by atoms with E-state index in [1.807, 2.05) is 23.9 Å². The van der Waals surface area contributed by atoms with Crippen molar-refractivity contribution in [2.45, 2.75) is 24.0 Å². The Morgan fingerprint density at radius 1 is 1.25 bits per heavy atom. The predicted molar refractivity (Wildman–Crippen MR) is 105 cm³/mol. The van der Waals surface area contributed by atoms with Crippen LogP contribution < -0.4 is 10.1 Å². The summed E-state index contributed by atoms with van der Waals surface area (Å²) in [4.78, 5) is 5.91. The molecule has 3 nitrogen and oxygen atoms in total. The van der Waals surface area contributed by atoms with Gasteiger partial charge in [0.1, 0.15) is 11.6 Å². The number of ether oxygens (including phenoxy) is 1. The summed E-state index contributed by atoms with van der Waals surface area (Å²) in [6.07, 6.45) is 1.10. The van der Waals surface area contributed by atoms with Crippen molar-refractivity contribution in [2.75, 3.05) is 20.2 Å². The first kappa shape index (κ1) is 17.4. The van der Waals surface area contributed by atoms with Gasteiger partial charge in [0.2, 0.25) is 0 Å². The number of amidine groups is 1. The minimum absolute atomic E-state index is 0.853. The van der Waals surface area contributed by atoms with E-state index >= 15 is 0 Å². The fraction of sp³-hybridized carbons (Fsp3) is 0.316. The zero-order valence-electron chi connectivity index (χ0n) is 13.9. The lowest BCUT2D eigenvalue weighted by atomic mass is 10.1. The van der Waals surface area contributed by atoms with Crippen molar-refractivity contribution in [2.24, 2.45) is 4.99 Å². The molecule has 0 spiro atoms. The van der Waals surface area contributed by atoms with E-state index in [2.05, 4.69) is 57.4 Å². The molecule has 24 heavy (non-hydrogen) atoms. The van der Waals surface area contributed by atoms with Gasteiger partial charge in [-0.1, -0.05) is 27.6 Å². The highest BCUT2D eigenvalue weighted by Gasteiger charge is 2.13. The first-order valence-corrected chi connectivity index (χ1v) is 9.80. The second-order valence-electron chi connectivity index (χ2n) is 5.76. The highest BCUT2D eigenvalue weighted by Crippen LogP contribution is 2.32. The minimum atomic E-state index is 0.853. The SMILES string of the molecule is COc1ccc(Br)cc1CSc1ccc(C)cc1C1=NCCCN1. The van der Waals surface area contributed by atoms with Crippen molar-refractivity contribution < 1.29 is 4.74 Å². The summed E-state index contributed by atoms with van der Waals surface area (Å²) in [5, 5.41) is 3.44. The molecule has 0 saturated carbocycles. The van der Waals surface area contributed by atoms with Crippen LogP contribution >= 0.6 is 27.7 Å². The number of rotatable bonds is 5. The van der Waals surface area contributed by atoms with E-state index in [4.69, 9.17) is 4.74 Å². The van der Waals surface area contributed by atoms with Gasteiger partial charge in [0.05, 0.1) is 7.11 Å². The highest BCUT2D eigenvalue weighted by molar-refractivity contribution is 9.10. The number of aryl methyl sites for hydroxylation is 1. The molecule has 126 valence electrons. The predicted octanol–water partition coefficient (Wildman–Crippen LogP) is 4.80. The van der Waals surface area contributed by atoms with Crippen molar-refractivity contribution in [3.8, 4) is 5.75 Å². The molecular weight excluding hydrogens is 384 g/mol. The summed E-state index contributed by atoms with van der Waals surface area (Å²) in [5.74, 6) is 2.80. The molecule has 0 aliphatic carbocycles. The van der Waals surface area contributed by atoms with Gasteiger partial charge in [-0.05, 0) is 43.7 Å². The second-order valence-corrected chi connectivity index (χ2v) is 7.69. The van der Waals surface area contributed by atoms with E-state index in [1.54, 1.807) is 7.11 Å². The van der Waals surface area contributed by atoms with Crippen molar-refractivity contribution in [1.29, 1.82) is 0 Å². The van der Waals surface area contributed by atoms with Crippen LogP contribution in [0.5, 0.6) is 5.75 Å². The first-order valence-electron chi connectivity index (χ1n) is 8.02. The zero-order valence-corrected chi connectivity index (χ0v) is 16.3. The summed E-state index contributed by atoms with van der Waals surface area (Å²) in [7, 11) is 1.72. The summed E-state index contributed by atoms with van der Waals surface area (Å²) in [6.45, 7) is 4.02. The van der Waals surface area contributed by atoms with Crippen LogP contribution in [0.4, 0.5) is 0 Å². The molecule has 1 aliphatic rings. The van der Waals surface area contributed by atoms with Gasteiger partial charge < -0.3 is 10.1 Å². The quantitative estimate of drug-likeness (QED) is 0.726. The molecule has 0 amide bonds. The van der Waals surface area contributed by atoms with Gasteiger partial charge >= 0.3 is 0 Å². The maximum absolute atomic E-state index is 5.48. The van der Waals surface area contributed by atoms with E-state index in [9.17, 15) is 0 Å². The number of hydrogen-bond acceptors (Lipinski definition) is 4. The molecule has 1 heterocycles. The number of nitrogens with zero attached hydrogens (tertiary/aromatic N) is 1. The van der Waals surface area contributed by atoms with E-state index < -0.39 is 0 Å². The Labute approximate surface area is 156 Å². The molecule has 5 heteroatoms. The van der Waals surface area contributed by atoms with Crippen molar-refractivity contribution >= 4 is 33.5 Å². The van der Waals surface area contributed by atoms with Gasteiger partial charge in [0.25, 0.3) is 0 Å². The lowest BCUT2D eigenvalue weighted by Gasteiger charge is -2.18. The maximum atomic E-state index is 5.48. The summed E-state index contributed by atoms with van der Waals surface area (Å²) in [6, 6.07) is 12.7. The molecule has 3 rings (SSSR count). The van der Waals surface area contributed by atoms with Gasteiger partial charge in [-0.25, -0.2) is 0 Å². The molecule has 0 atom stereocenters. The molecular formula is C19H21BrN2OS. The van der Waals surface area contributed by atoms with Crippen molar-refractivity contribution in [3.05, 3.63) is 57.6 Å². The number of benzene rings is 2. The van der Waals surface area contributed by atoms with Crippen molar-refractivity contribution in [1.82, 2.24) is 5.32 Å². The molecule has 0 fully saturated rings. The summed E-state index contributed by atoms with van der Waals surface area (Å²) in [5.41, 5.74) is 3.64. The highest BCUT2D eigenvalue weighted by atomic mass is 79.9. The molecule has 0 unspecified atom stereocenters. The Balaban J connectivity index is 1.85. The van der Waals surface area contributed by atoms with E-state index in [0.29, 0.717) is 0 Å². The average molecular weight is 405 g/mol. The molecule has 2 aromatic rings. The van der Waals surface area contributed by atoms with Crippen LogP contribution in [-0.2, 0) is 5.75 Å². The summed E-state index contributed by atoms with van der Waals surface area (Å²) >= 11 is 5.36. The third kappa shape index (κ3) is 4.14. The third-order valence-electron chi connectivity index (χ3n) is 3.91. The van der Waals surface area contributed by atoms with Crippen LogP contribution in [0.1, 0.15) is 23.1 Å². The monoisotopic (exact) mass is 404 g/mol. The van der Waals surface area contributed by atoms with Gasteiger partial charge in [-0.3, -0.25) is 4.99 Å². The van der Waals surface area contributed by atoms with Gasteiger partial charge in [-0.15, -0.1) is 11.8 Å². The van der Waals surface area contributed by atoms with Crippen LogP contribution in [0.3, 0.4) is 0 Å². The average Bonchev–Trinajstić information content (AvgIpc) is 2.61. The number of methoxy groups -OCH3 is 1. The Hall–Kier alpha value is -1.46. The standard InChI is InChI=1S/C19H21BrN2OS/c1-13-4-7-18(16(10-13)19-21-8-3-9-22-19)24-12-14-11-15(20)5-6-17(14)23-2/h4-7,10-11H,3,8-9,12H2,1-2H3,(H,21,22). The Morgan fingerprint density at radius 2 is 2.12 bits per heavy atom. The molecule has 1 aliphatic heterocycles. The van der Waals surface area contributed by atoms with Crippen molar-refractivity contribution in [3.63, 3.8) is 0 Å². The molecule has 0 saturated heterocycles. The first-order chi connectivity index (χ1) is 11.7. The molecule has 1 N–H and O–H groups in total. The second kappa shape index (κ2) is 8.08. The zero-order chi connectivity index (χ0) is 16.9. The van der Waals surface area contributed by atoms with Crippen LogP contribution in [0.2, 0.25) is 0 Å². The Bertz CT molecular complexity index is 761. The number of halogens is 1. The maximum Gasteiger partial charge on any atom is 0.129 e. The number of nitrogens with one attached hydrogen (secondary N) is 1. The number of thioether (sulfide) groups is 1. The smallest absolute Gasteiger partial charge is 0.129 e. The fourth-order valence-electron chi connectivity index (χ4n) is 2.68. The van der Waals surface area contributed by atoms with Crippen LogP contribution in [0.15, 0.2) is 50.8 Å². The Kier molecular flexibility index (Phi) is 5.85. The van der Waals surface area contributed by atoms with E-state index in [1.165, 1.54) is 21.6 Å². The lowest BCUT2D eigenvalue weighted by molar-refractivity contribution is 0.411. The van der Waals surface area contributed by atoms with E-state index in [0.717, 1.165) is 41.3 Å². The number of hydrogen-bond donors (Lipinski definition) is 1. The molecule has 0 aromatic heterocycles. The normalized spacial score (nSPS) is 14.0. The van der Waals surface area contributed by atoms with Gasteiger partial charge in [0.15, 0.2) is 0 Å². The van der Waals surface area contributed by atoms with Crippen LogP contribution in [0, 0.1) is 6.92 Å². The van der Waals surface area contributed by atoms with Crippen LogP contribution in [-0.4, -0.2) is 26.0 Å². The summed E-state index contributed by atoms with van der Waals surface area (Å²) < 4.78 is 6.55. The largest absolute Gasteiger partial charge is 0.496 e. The van der Waals surface area contributed by atoms with Gasteiger partial charge in [0, 0.05) is 39.3 Å². The third-order valence-corrected chi connectivity index (χ3v) is 5.53. The topological polar surface area (TPSA) is 33.6 Å². The minimum Gasteiger partial charge on any atom is -0.496 e. The Morgan fingerprint density at radius 3 is 2.88 bits per heavy atom. The van der Waals surface area contributed by atoms with E-state index in [-0.39, 0.29) is 0 Å². The molecule has 2 aromatic carbocycles. The molecule has 0 radical (unpaired) electrons.